The van der Waals surface area contributed by atoms with Crippen LogP contribution in [-0.4, -0.2) is 11.8 Å². The van der Waals surface area contributed by atoms with Crippen LogP contribution in [0.1, 0.15) is 33.6 Å². The fourth-order valence-corrected chi connectivity index (χ4v) is 1.01. The summed E-state index contributed by atoms with van der Waals surface area (Å²) in [4.78, 5) is 5.16. The van der Waals surface area contributed by atoms with Gasteiger partial charge in [-0.25, -0.2) is 0 Å². The Kier molecular flexibility index (Phi) is 2.30. The zero-order valence-corrected chi connectivity index (χ0v) is 6.92. The fraction of sp³-hybridized carbons (Fsp3) is 0.875. The third-order valence-electron chi connectivity index (χ3n) is 1.88. The van der Waals surface area contributed by atoms with E-state index in [4.69, 9.17) is 4.84 Å². The van der Waals surface area contributed by atoms with Gasteiger partial charge in [0.05, 0.1) is 5.71 Å². The van der Waals surface area contributed by atoms with Crippen LogP contribution in [0, 0.1) is 5.92 Å². The molecule has 10 heavy (non-hydrogen) atoms. The average Bonchev–Trinajstić information content (AvgIpc) is 2.34. The van der Waals surface area contributed by atoms with Crippen molar-refractivity contribution >= 4 is 5.71 Å². The molecule has 0 radical (unpaired) electrons. The molecule has 2 heteroatoms. The highest BCUT2D eigenvalue weighted by Gasteiger charge is 2.20. The largest absolute Gasteiger partial charge is 0.392 e. The molecule has 0 saturated carbocycles. The third-order valence-corrected chi connectivity index (χ3v) is 1.88. The van der Waals surface area contributed by atoms with Crippen molar-refractivity contribution in [1.82, 2.24) is 0 Å². The molecule has 0 aromatic carbocycles. The Balaban J connectivity index is 2.39. The summed E-state index contributed by atoms with van der Waals surface area (Å²) in [7, 11) is 0. The smallest absolute Gasteiger partial charge is 0.132 e. The molecule has 1 heterocycles. The molecule has 0 N–H and O–H groups in total. The maximum atomic E-state index is 5.16. The van der Waals surface area contributed by atoms with Gasteiger partial charge in [0, 0.05) is 6.42 Å². The molecule has 0 aliphatic carbocycles. The molecule has 1 aliphatic heterocycles. The predicted molar refractivity (Wildman–Crippen MR) is 42.1 cm³/mol. The third kappa shape index (κ3) is 1.49. The minimum Gasteiger partial charge on any atom is -0.392 e. The highest BCUT2D eigenvalue weighted by molar-refractivity contribution is 5.87. The Hall–Kier alpha value is -0.530. The molecule has 1 aliphatic rings. The van der Waals surface area contributed by atoms with E-state index in [-0.39, 0.29) is 0 Å². The van der Waals surface area contributed by atoms with Gasteiger partial charge in [0.15, 0.2) is 0 Å². The summed E-state index contributed by atoms with van der Waals surface area (Å²) in [5, 5.41) is 4.00. The first-order valence-electron chi connectivity index (χ1n) is 3.96. The zero-order chi connectivity index (χ0) is 7.56. The van der Waals surface area contributed by atoms with E-state index >= 15 is 0 Å². The van der Waals surface area contributed by atoms with Crippen molar-refractivity contribution in [3.8, 4) is 0 Å². The lowest BCUT2D eigenvalue weighted by Crippen LogP contribution is -2.09. The van der Waals surface area contributed by atoms with Crippen molar-refractivity contribution in [3.05, 3.63) is 0 Å². The molecule has 0 aromatic heterocycles. The molecular weight excluding hydrogens is 126 g/mol. The van der Waals surface area contributed by atoms with Gasteiger partial charge >= 0.3 is 0 Å². The second kappa shape index (κ2) is 3.04. The van der Waals surface area contributed by atoms with Gasteiger partial charge in [-0.2, -0.15) is 0 Å². The topological polar surface area (TPSA) is 21.6 Å². The maximum absolute atomic E-state index is 5.16. The molecule has 0 fully saturated rings. The van der Waals surface area contributed by atoms with Crippen LogP contribution >= 0.6 is 0 Å². The van der Waals surface area contributed by atoms with Crippen molar-refractivity contribution in [2.75, 3.05) is 0 Å². The van der Waals surface area contributed by atoms with Gasteiger partial charge in [-0.3, -0.25) is 0 Å². The Morgan fingerprint density at radius 1 is 1.70 bits per heavy atom. The van der Waals surface area contributed by atoms with E-state index in [9.17, 15) is 0 Å². The van der Waals surface area contributed by atoms with Gasteiger partial charge in [0.25, 0.3) is 0 Å². The molecule has 1 atom stereocenters. The first-order chi connectivity index (χ1) is 4.74. The van der Waals surface area contributed by atoms with Crippen LogP contribution in [0.2, 0.25) is 0 Å². The van der Waals surface area contributed by atoms with E-state index in [1.54, 1.807) is 0 Å². The summed E-state index contributed by atoms with van der Waals surface area (Å²) in [5.74, 6) is 0.552. The first kappa shape index (κ1) is 7.58. The van der Waals surface area contributed by atoms with E-state index < -0.39 is 0 Å². The van der Waals surface area contributed by atoms with Crippen molar-refractivity contribution in [1.29, 1.82) is 0 Å². The molecule has 0 saturated heterocycles. The van der Waals surface area contributed by atoms with E-state index in [2.05, 4.69) is 25.9 Å². The number of hydrogen-bond donors (Lipinski definition) is 0. The molecule has 1 rings (SSSR count). The molecule has 2 nitrogen and oxygen atoms in total. The summed E-state index contributed by atoms with van der Waals surface area (Å²) >= 11 is 0. The van der Waals surface area contributed by atoms with Crippen LogP contribution in [0.3, 0.4) is 0 Å². The van der Waals surface area contributed by atoms with Crippen LogP contribution in [0.4, 0.5) is 0 Å². The lowest BCUT2D eigenvalue weighted by Gasteiger charge is -2.03. The SMILES string of the molecule is CCC1CC(C(C)C)=NO1. The van der Waals surface area contributed by atoms with Crippen molar-refractivity contribution in [3.63, 3.8) is 0 Å². The Bertz CT molecular complexity index is 140. The minimum atomic E-state index is 0.359. The average molecular weight is 141 g/mol. The number of hydrogen-bond acceptors (Lipinski definition) is 2. The normalized spacial score (nSPS) is 24.8. The second-order valence-electron chi connectivity index (χ2n) is 3.08. The van der Waals surface area contributed by atoms with E-state index in [1.807, 2.05) is 0 Å². The highest BCUT2D eigenvalue weighted by atomic mass is 16.6. The van der Waals surface area contributed by atoms with Gasteiger partial charge < -0.3 is 4.84 Å². The van der Waals surface area contributed by atoms with Gasteiger partial charge in [0.2, 0.25) is 0 Å². The van der Waals surface area contributed by atoms with Gasteiger partial charge in [-0.1, -0.05) is 25.9 Å². The van der Waals surface area contributed by atoms with Crippen LogP contribution < -0.4 is 0 Å². The minimum absolute atomic E-state index is 0.359. The van der Waals surface area contributed by atoms with E-state index in [1.165, 1.54) is 5.71 Å². The Labute approximate surface area is 62.3 Å². The van der Waals surface area contributed by atoms with Crippen molar-refractivity contribution in [2.24, 2.45) is 11.1 Å². The molecule has 0 bridgehead atoms. The van der Waals surface area contributed by atoms with Gasteiger partial charge in [-0.05, 0) is 12.3 Å². The van der Waals surface area contributed by atoms with Crippen molar-refractivity contribution < 1.29 is 4.84 Å². The monoisotopic (exact) mass is 141 g/mol. The highest BCUT2D eigenvalue weighted by Crippen LogP contribution is 2.17. The summed E-state index contributed by atoms with van der Waals surface area (Å²) in [6, 6.07) is 0. The molecule has 1 unspecified atom stereocenters. The summed E-state index contributed by atoms with van der Waals surface area (Å²) < 4.78 is 0. The van der Waals surface area contributed by atoms with E-state index in [0.29, 0.717) is 12.0 Å². The Morgan fingerprint density at radius 2 is 2.40 bits per heavy atom. The number of nitrogens with zero attached hydrogens (tertiary/aromatic N) is 1. The Morgan fingerprint density at radius 3 is 2.70 bits per heavy atom. The molecule has 0 aromatic rings. The number of oxime groups is 1. The second-order valence-corrected chi connectivity index (χ2v) is 3.08. The molecule has 58 valence electrons. The van der Waals surface area contributed by atoms with Crippen LogP contribution in [0.25, 0.3) is 0 Å². The van der Waals surface area contributed by atoms with Gasteiger partial charge in [0.1, 0.15) is 6.10 Å². The molecular formula is C8H15NO. The quantitative estimate of drug-likeness (QED) is 0.577. The maximum Gasteiger partial charge on any atom is 0.132 e. The lowest BCUT2D eigenvalue weighted by atomic mass is 10.0. The van der Waals surface area contributed by atoms with Crippen LogP contribution in [-0.2, 0) is 4.84 Å². The first-order valence-corrected chi connectivity index (χ1v) is 3.96. The fourth-order valence-electron chi connectivity index (χ4n) is 1.01. The van der Waals surface area contributed by atoms with E-state index in [0.717, 1.165) is 12.8 Å². The van der Waals surface area contributed by atoms with Crippen LogP contribution in [0.5, 0.6) is 0 Å². The summed E-state index contributed by atoms with van der Waals surface area (Å²) in [6.45, 7) is 6.43. The lowest BCUT2D eigenvalue weighted by molar-refractivity contribution is 0.0828. The number of rotatable bonds is 2. The summed E-state index contributed by atoms with van der Waals surface area (Å²) in [6.07, 6.45) is 2.46. The van der Waals surface area contributed by atoms with Crippen LogP contribution in [0.15, 0.2) is 5.16 Å². The standard InChI is InChI=1S/C8H15NO/c1-4-7-5-8(6(2)3)9-10-7/h6-7H,4-5H2,1-3H3. The summed E-state index contributed by atoms with van der Waals surface area (Å²) in [5.41, 5.74) is 1.21. The predicted octanol–water partition coefficient (Wildman–Crippen LogP) is 2.20. The van der Waals surface area contributed by atoms with Crippen molar-refractivity contribution in [2.45, 2.75) is 39.7 Å². The van der Waals surface area contributed by atoms with Gasteiger partial charge in [-0.15, -0.1) is 0 Å². The molecule has 0 spiro atoms. The molecule has 0 amide bonds. The zero-order valence-electron chi connectivity index (χ0n) is 6.92.